The first-order chi connectivity index (χ1) is 20.3. The lowest BCUT2D eigenvalue weighted by atomic mass is 10.0. The lowest BCUT2D eigenvalue weighted by Gasteiger charge is -2.37. The van der Waals surface area contributed by atoms with Crippen molar-refractivity contribution in [3.05, 3.63) is 89.5 Å². The summed E-state index contributed by atoms with van der Waals surface area (Å²) in [7, 11) is 0. The van der Waals surface area contributed by atoms with E-state index >= 15 is 0 Å². The molecule has 10 nitrogen and oxygen atoms in total. The Bertz CT molecular complexity index is 1450. The Morgan fingerprint density at radius 3 is 2.21 bits per heavy atom. The van der Waals surface area contributed by atoms with Crippen molar-refractivity contribution in [2.24, 2.45) is 5.92 Å². The van der Waals surface area contributed by atoms with Gasteiger partial charge in [0.1, 0.15) is 0 Å². The predicted octanol–water partition coefficient (Wildman–Crippen LogP) is 4.64. The summed E-state index contributed by atoms with van der Waals surface area (Å²) in [6.45, 7) is 4.28. The number of piperazine rings is 1. The van der Waals surface area contributed by atoms with Gasteiger partial charge in [-0.15, -0.1) is 0 Å². The number of carbonyl (C=O) groups is 4. The van der Waals surface area contributed by atoms with Gasteiger partial charge in [0.25, 0.3) is 5.91 Å². The van der Waals surface area contributed by atoms with Crippen molar-refractivity contribution in [3.8, 4) is 0 Å². The fourth-order valence-corrected chi connectivity index (χ4v) is 5.08. The monoisotopic (exact) mass is 569 g/mol. The van der Waals surface area contributed by atoms with Crippen molar-refractivity contribution >= 4 is 40.9 Å². The molecule has 2 aliphatic rings. The number of aryl methyl sites for hydroxylation is 1. The SMILES string of the molecule is Cc1ccc(C(CC(=O)O)NC(=O)c2ccc(N3CCN(C(=O)C4CC4)CC3)c(NC(=O)Nc3ccccc3)c2)cc1. The van der Waals surface area contributed by atoms with Crippen molar-refractivity contribution < 1.29 is 24.3 Å². The molecule has 3 aromatic rings. The summed E-state index contributed by atoms with van der Waals surface area (Å²) < 4.78 is 0. The van der Waals surface area contributed by atoms with Gasteiger partial charge >= 0.3 is 12.0 Å². The van der Waals surface area contributed by atoms with Gasteiger partial charge in [-0.25, -0.2) is 4.79 Å². The average molecular weight is 570 g/mol. The minimum absolute atomic E-state index is 0.165. The standard InChI is InChI=1S/C32H35N5O5/c1-21-7-9-22(10-8-21)26(20-29(38)39)34-30(40)24-13-14-28(36-15-17-37(18-16-36)31(41)23-11-12-23)27(19-24)35-32(42)33-25-5-3-2-4-6-25/h2-10,13-14,19,23,26H,11-12,15-18,20H2,1H3,(H,34,40)(H,38,39)(H2,33,35,42). The van der Waals surface area contributed by atoms with Gasteiger partial charge in [-0.1, -0.05) is 48.0 Å². The first-order valence-corrected chi connectivity index (χ1v) is 14.2. The van der Waals surface area contributed by atoms with Gasteiger partial charge in [-0.05, 0) is 55.7 Å². The largest absolute Gasteiger partial charge is 0.481 e. The second-order valence-corrected chi connectivity index (χ2v) is 10.8. The number of anilines is 3. The van der Waals surface area contributed by atoms with E-state index in [-0.39, 0.29) is 23.8 Å². The molecule has 1 unspecified atom stereocenters. The number of hydrogen-bond acceptors (Lipinski definition) is 5. The lowest BCUT2D eigenvalue weighted by Crippen LogP contribution is -2.49. The maximum absolute atomic E-state index is 13.4. The summed E-state index contributed by atoms with van der Waals surface area (Å²) in [6.07, 6.45) is 1.65. The second kappa shape index (κ2) is 12.8. The van der Waals surface area contributed by atoms with Gasteiger partial charge in [0, 0.05) is 43.3 Å². The molecule has 5 rings (SSSR count). The highest BCUT2D eigenvalue weighted by Gasteiger charge is 2.35. The van der Waals surface area contributed by atoms with E-state index in [0.717, 1.165) is 24.1 Å². The summed E-state index contributed by atoms with van der Waals surface area (Å²) in [5.74, 6) is -1.11. The normalized spacial score (nSPS) is 15.5. The minimum Gasteiger partial charge on any atom is -0.481 e. The number of rotatable bonds is 9. The van der Waals surface area contributed by atoms with Gasteiger partial charge in [-0.2, -0.15) is 0 Å². The molecule has 0 aromatic heterocycles. The van der Waals surface area contributed by atoms with E-state index in [1.54, 1.807) is 42.5 Å². The summed E-state index contributed by atoms with van der Waals surface area (Å²) in [5.41, 5.74) is 3.77. The Morgan fingerprint density at radius 2 is 1.57 bits per heavy atom. The average Bonchev–Trinajstić information content (AvgIpc) is 3.83. The molecule has 3 aromatic carbocycles. The summed E-state index contributed by atoms with van der Waals surface area (Å²) in [5, 5.41) is 18.0. The van der Waals surface area contributed by atoms with Crippen LogP contribution >= 0.6 is 0 Å². The van der Waals surface area contributed by atoms with Gasteiger partial charge in [0.15, 0.2) is 0 Å². The first-order valence-electron chi connectivity index (χ1n) is 14.2. The van der Waals surface area contributed by atoms with Crippen molar-refractivity contribution in [3.63, 3.8) is 0 Å². The maximum atomic E-state index is 13.4. The van der Waals surface area contributed by atoms with Crippen molar-refractivity contribution in [1.29, 1.82) is 0 Å². The Morgan fingerprint density at radius 1 is 0.881 bits per heavy atom. The van der Waals surface area contributed by atoms with Crippen LogP contribution in [-0.4, -0.2) is 60.0 Å². The van der Waals surface area contributed by atoms with Crippen LogP contribution in [0.15, 0.2) is 72.8 Å². The Balaban J connectivity index is 1.36. The number of amides is 4. The van der Waals surface area contributed by atoms with E-state index in [9.17, 15) is 24.3 Å². The van der Waals surface area contributed by atoms with E-state index in [0.29, 0.717) is 43.1 Å². The molecular weight excluding hydrogens is 534 g/mol. The van der Waals surface area contributed by atoms with Crippen LogP contribution in [0.3, 0.4) is 0 Å². The molecule has 0 radical (unpaired) electrons. The number of carbonyl (C=O) groups excluding carboxylic acids is 3. The number of benzene rings is 3. The number of carboxylic acids is 1. The molecule has 218 valence electrons. The van der Waals surface area contributed by atoms with Crippen LogP contribution in [0, 0.1) is 12.8 Å². The maximum Gasteiger partial charge on any atom is 0.323 e. The van der Waals surface area contributed by atoms with Crippen LogP contribution < -0.4 is 20.9 Å². The molecule has 1 atom stereocenters. The van der Waals surface area contributed by atoms with E-state index in [2.05, 4.69) is 20.9 Å². The third kappa shape index (κ3) is 7.25. The molecule has 10 heteroatoms. The predicted molar refractivity (Wildman–Crippen MR) is 161 cm³/mol. The zero-order chi connectivity index (χ0) is 29.6. The first kappa shape index (κ1) is 28.7. The number of carboxylic acid groups (broad SMARTS) is 1. The highest BCUT2D eigenvalue weighted by Crippen LogP contribution is 2.33. The summed E-state index contributed by atoms with van der Waals surface area (Å²) in [6, 6.07) is 20.2. The highest BCUT2D eigenvalue weighted by molar-refractivity contribution is 6.04. The molecular formula is C32H35N5O5. The molecule has 4 N–H and O–H groups in total. The number of hydrogen-bond donors (Lipinski definition) is 4. The van der Waals surface area contributed by atoms with E-state index in [4.69, 9.17) is 0 Å². The third-order valence-electron chi connectivity index (χ3n) is 7.56. The van der Waals surface area contributed by atoms with Gasteiger partial charge in [-0.3, -0.25) is 14.4 Å². The van der Waals surface area contributed by atoms with E-state index < -0.39 is 23.9 Å². The summed E-state index contributed by atoms with van der Waals surface area (Å²) in [4.78, 5) is 54.5. The Kier molecular flexibility index (Phi) is 8.71. The number of nitrogens with zero attached hydrogens (tertiary/aromatic N) is 2. The lowest BCUT2D eigenvalue weighted by molar-refractivity contribution is -0.137. The van der Waals surface area contributed by atoms with Crippen LogP contribution in [0.25, 0.3) is 0 Å². The zero-order valence-electron chi connectivity index (χ0n) is 23.5. The molecule has 1 aliphatic heterocycles. The molecule has 1 heterocycles. The molecule has 0 bridgehead atoms. The van der Waals surface area contributed by atoms with Crippen LogP contribution in [-0.2, 0) is 9.59 Å². The summed E-state index contributed by atoms with van der Waals surface area (Å²) >= 11 is 0. The van der Waals surface area contributed by atoms with Crippen molar-refractivity contribution in [2.75, 3.05) is 41.7 Å². The zero-order valence-corrected chi connectivity index (χ0v) is 23.5. The van der Waals surface area contributed by atoms with Gasteiger partial charge in [0.2, 0.25) is 5.91 Å². The molecule has 1 saturated heterocycles. The van der Waals surface area contributed by atoms with Crippen molar-refractivity contribution in [1.82, 2.24) is 10.2 Å². The van der Waals surface area contributed by atoms with Gasteiger partial charge in [0.05, 0.1) is 23.8 Å². The molecule has 4 amide bonds. The second-order valence-electron chi connectivity index (χ2n) is 10.8. The Labute approximate surface area is 244 Å². The Hall–Kier alpha value is -4.86. The van der Waals surface area contributed by atoms with E-state index in [1.807, 2.05) is 42.2 Å². The van der Waals surface area contributed by atoms with Crippen LogP contribution in [0.4, 0.5) is 21.9 Å². The van der Waals surface area contributed by atoms with E-state index in [1.165, 1.54) is 0 Å². The van der Waals surface area contributed by atoms with Crippen LogP contribution in [0.5, 0.6) is 0 Å². The topological polar surface area (TPSA) is 131 Å². The third-order valence-corrected chi connectivity index (χ3v) is 7.56. The van der Waals surface area contributed by atoms with Crippen LogP contribution in [0.1, 0.15) is 46.8 Å². The number of urea groups is 1. The smallest absolute Gasteiger partial charge is 0.323 e. The highest BCUT2D eigenvalue weighted by atomic mass is 16.4. The quantitative estimate of drug-likeness (QED) is 0.297. The molecule has 0 spiro atoms. The minimum atomic E-state index is -1.03. The molecule has 1 saturated carbocycles. The van der Waals surface area contributed by atoms with Crippen molar-refractivity contribution in [2.45, 2.75) is 32.2 Å². The molecule has 1 aliphatic carbocycles. The van der Waals surface area contributed by atoms with Gasteiger partial charge < -0.3 is 30.9 Å². The number of aliphatic carboxylic acids is 1. The number of para-hydroxylation sites is 1. The fraction of sp³-hybridized carbons (Fsp3) is 0.312. The fourth-order valence-electron chi connectivity index (χ4n) is 5.08. The number of nitrogens with one attached hydrogen (secondary N) is 3. The molecule has 42 heavy (non-hydrogen) atoms. The molecule has 2 fully saturated rings. The van der Waals surface area contributed by atoms with Crippen LogP contribution in [0.2, 0.25) is 0 Å².